The van der Waals surface area contributed by atoms with Crippen LogP contribution in [0.15, 0.2) is 24.3 Å². The highest BCUT2D eigenvalue weighted by Crippen LogP contribution is 2.28. The molecule has 78 valence electrons. The van der Waals surface area contributed by atoms with Crippen molar-refractivity contribution in [2.75, 3.05) is 20.1 Å². The van der Waals surface area contributed by atoms with Gasteiger partial charge in [-0.05, 0) is 18.7 Å². The van der Waals surface area contributed by atoms with Crippen molar-refractivity contribution in [3.8, 4) is 11.8 Å². The number of ether oxygens (including phenoxy) is 1. The first kappa shape index (κ1) is 10.0. The maximum Gasteiger partial charge on any atom is 0.123 e. The van der Waals surface area contributed by atoms with Crippen LogP contribution >= 0.6 is 0 Å². The van der Waals surface area contributed by atoms with E-state index in [1.807, 2.05) is 30.1 Å². The van der Waals surface area contributed by atoms with Crippen molar-refractivity contribution in [2.24, 2.45) is 0 Å². The minimum Gasteiger partial charge on any atom is -0.488 e. The van der Waals surface area contributed by atoms with Crippen LogP contribution in [-0.2, 0) is 6.42 Å². The molecule has 0 radical (unpaired) electrons. The molecular formula is C12H14N2O. The predicted molar refractivity (Wildman–Crippen MR) is 57.7 cm³/mol. The van der Waals surface area contributed by atoms with Crippen LogP contribution in [0.5, 0.6) is 5.75 Å². The first-order valence-corrected chi connectivity index (χ1v) is 5.09. The van der Waals surface area contributed by atoms with Crippen molar-refractivity contribution in [3.05, 3.63) is 29.8 Å². The Bertz CT molecular complexity index is 358. The van der Waals surface area contributed by atoms with E-state index in [1.165, 1.54) is 5.56 Å². The highest BCUT2D eigenvalue weighted by atomic mass is 16.5. The van der Waals surface area contributed by atoms with Crippen molar-refractivity contribution in [1.82, 2.24) is 4.90 Å². The maximum atomic E-state index is 8.55. The van der Waals surface area contributed by atoms with Crippen molar-refractivity contribution in [1.29, 1.82) is 5.26 Å². The van der Waals surface area contributed by atoms with Crippen LogP contribution in [0.1, 0.15) is 5.56 Å². The monoisotopic (exact) mass is 202 g/mol. The van der Waals surface area contributed by atoms with Gasteiger partial charge in [-0.15, -0.1) is 0 Å². The molecule has 0 amide bonds. The third kappa shape index (κ3) is 2.28. The molecule has 0 aliphatic carbocycles. The number of nitrogens with zero attached hydrogens (tertiary/aromatic N) is 2. The number of hydrogen-bond acceptors (Lipinski definition) is 3. The van der Waals surface area contributed by atoms with E-state index in [4.69, 9.17) is 10.00 Å². The van der Waals surface area contributed by atoms with Gasteiger partial charge in [0, 0.05) is 13.0 Å². The number of benzene rings is 1. The van der Waals surface area contributed by atoms with E-state index in [0.717, 1.165) is 18.7 Å². The van der Waals surface area contributed by atoms with Gasteiger partial charge in [0.2, 0.25) is 0 Å². The molecule has 3 nitrogen and oxygen atoms in total. The van der Waals surface area contributed by atoms with Gasteiger partial charge in [0.1, 0.15) is 11.9 Å². The van der Waals surface area contributed by atoms with Gasteiger partial charge in [0.05, 0.1) is 12.6 Å². The molecule has 15 heavy (non-hydrogen) atoms. The summed E-state index contributed by atoms with van der Waals surface area (Å²) in [7, 11) is 1.94. The maximum absolute atomic E-state index is 8.55. The van der Waals surface area contributed by atoms with E-state index in [1.54, 1.807) is 0 Å². The zero-order valence-electron chi connectivity index (χ0n) is 8.81. The Hall–Kier alpha value is -1.53. The molecule has 1 aliphatic rings. The minimum atomic E-state index is 0.195. The molecular weight excluding hydrogens is 188 g/mol. The minimum absolute atomic E-state index is 0.195. The van der Waals surface area contributed by atoms with E-state index < -0.39 is 0 Å². The molecule has 2 rings (SSSR count). The lowest BCUT2D eigenvalue weighted by Gasteiger charge is -2.17. The van der Waals surface area contributed by atoms with Crippen LogP contribution < -0.4 is 4.74 Å². The summed E-state index contributed by atoms with van der Waals surface area (Å²) in [6.45, 7) is 1.26. The van der Waals surface area contributed by atoms with E-state index in [-0.39, 0.29) is 6.10 Å². The highest BCUT2D eigenvalue weighted by Gasteiger charge is 2.23. The lowest BCUT2D eigenvalue weighted by atomic mass is 10.1. The van der Waals surface area contributed by atoms with Crippen molar-refractivity contribution in [2.45, 2.75) is 12.5 Å². The predicted octanol–water partition coefficient (Wildman–Crippen LogP) is 1.45. The highest BCUT2D eigenvalue weighted by molar-refractivity contribution is 5.37. The molecule has 1 aromatic rings. The van der Waals surface area contributed by atoms with Crippen LogP contribution in [0.4, 0.5) is 0 Å². The molecule has 0 saturated heterocycles. The molecule has 0 N–H and O–H groups in total. The normalized spacial score (nSPS) is 18.3. The van der Waals surface area contributed by atoms with Gasteiger partial charge in [-0.1, -0.05) is 18.2 Å². The van der Waals surface area contributed by atoms with Gasteiger partial charge < -0.3 is 4.74 Å². The standard InChI is InChI=1S/C12H14N2O/c1-14(7-6-13)9-11-8-10-4-2-3-5-12(10)15-11/h2-5,11H,7-9H2,1H3. The molecule has 0 aromatic heterocycles. The lowest BCUT2D eigenvalue weighted by molar-refractivity contribution is 0.177. The first-order chi connectivity index (χ1) is 7.29. The Kier molecular flexibility index (Phi) is 2.89. The zero-order chi connectivity index (χ0) is 10.7. The quantitative estimate of drug-likeness (QED) is 0.696. The molecule has 0 fully saturated rings. The van der Waals surface area contributed by atoms with Gasteiger partial charge in [-0.3, -0.25) is 4.90 Å². The lowest BCUT2D eigenvalue weighted by Crippen LogP contribution is -2.32. The zero-order valence-corrected chi connectivity index (χ0v) is 8.81. The number of para-hydroxylation sites is 1. The number of rotatable bonds is 3. The molecule has 1 heterocycles. The van der Waals surface area contributed by atoms with Gasteiger partial charge in [0.15, 0.2) is 0 Å². The first-order valence-electron chi connectivity index (χ1n) is 5.09. The van der Waals surface area contributed by atoms with E-state index in [9.17, 15) is 0 Å². The average Bonchev–Trinajstić information content (AvgIpc) is 2.59. The van der Waals surface area contributed by atoms with E-state index in [2.05, 4.69) is 12.1 Å². The molecule has 1 aromatic carbocycles. The molecule has 1 unspecified atom stereocenters. The van der Waals surface area contributed by atoms with Crippen molar-refractivity contribution >= 4 is 0 Å². The van der Waals surface area contributed by atoms with Gasteiger partial charge >= 0.3 is 0 Å². The molecule has 3 heteroatoms. The van der Waals surface area contributed by atoms with E-state index in [0.29, 0.717) is 6.54 Å². The summed E-state index contributed by atoms with van der Waals surface area (Å²) in [4.78, 5) is 1.98. The van der Waals surface area contributed by atoms with Gasteiger partial charge in [-0.2, -0.15) is 5.26 Å². The third-order valence-corrected chi connectivity index (χ3v) is 2.57. The second-order valence-corrected chi connectivity index (χ2v) is 3.91. The van der Waals surface area contributed by atoms with Crippen LogP contribution in [0.2, 0.25) is 0 Å². The summed E-state index contributed by atoms with van der Waals surface area (Å²) in [5.41, 5.74) is 1.27. The number of likely N-dealkylation sites (N-methyl/N-ethyl adjacent to an activating group) is 1. The Morgan fingerprint density at radius 2 is 2.33 bits per heavy atom. The fraction of sp³-hybridized carbons (Fsp3) is 0.417. The van der Waals surface area contributed by atoms with Gasteiger partial charge in [0.25, 0.3) is 0 Å². The van der Waals surface area contributed by atoms with Crippen LogP contribution in [-0.4, -0.2) is 31.1 Å². The summed E-state index contributed by atoms with van der Waals surface area (Å²) in [6, 6.07) is 10.2. The summed E-state index contributed by atoms with van der Waals surface area (Å²) in [5.74, 6) is 0.993. The summed E-state index contributed by atoms with van der Waals surface area (Å²) >= 11 is 0. The number of nitriles is 1. The molecule has 0 saturated carbocycles. The average molecular weight is 202 g/mol. The number of fused-ring (bicyclic) bond motifs is 1. The fourth-order valence-corrected chi connectivity index (χ4v) is 1.89. The second kappa shape index (κ2) is 4.33. The van der Waals surface area contributed by atoms with Crippen LogP contribution in [0.3, 0.4) is 0 Å². The summed E-state index contributed by atoms with van der Waals surface area (Å²) in [5, 5.41) is 8.55. The summed E-state index contributed by atoms with van der Waals surface area (Å²) < 4.78 is 5.77. The number of hydrogen-bond donors (Lipinski definition) is 0. The smallest absolute Gasteiger partial charge is 0.123 e. The SMILES string of the molecule is CN(CC#N)CC1Cc2ccccc2O1. The second-order valence-electron chi connectivity index (χ2n) is 3.91. The van der Waals surface area contributed by atoms with Gasteiger partial charge in [-0.25, -0.2) is 0 Å². The Morgan fingerprint density at radius 1 is 1.53 bits per heavy atom. The third-order valence-electron chi connectivity index (χ3n) is 2.57. The van der Waals surface area contributed by atoms with Crippen molar-refractivity contribution < 1.29 is 4.74 Å². The fourth-order valence-electron chi connectivity index (χ4n) is 1.89. The molecule has 1 atom stereocenters. The topological polar surface area (TPSA) is 36.3 Å². The van der Waals surface area contributed by atoms with E-state index >= 15 is 0 Å². The summed E-state index contributed by atoms with van der Waals surface area (Å²) in [6.07, 6.45) is 1.15. The van der Waals surface area contributed by atoms with Crippen LogP contribution in [0.25, 0.3) is 0 Å². The Morgan fingerprint density at radius 3 is 3.07 bits per heavy atom. The van der Waals surface area contributed by atoms with Crippen molar-refractivity contribution in [3.63, 3.8) is 0 Å². The van der Waals surface area contributed by atoms with Crippen LogP contribution in [0, 0.1) is 11.3 Å². The Labute approximate surface area is 89.9 Å². The Balaban J connectivity index is 1.93. The molecule has 0 bridgehead atoms. The molecule has 0 spiro atoms. The molecule has 1 aliphatic heterocycles. The largest absolute Gasteiger partial charge is 0.488 e.